The molecule has 0 saturated carbocycles. The lowest BCUT2D eigenvalue weighted by Crippen LogP contribution is -2.45. The Morgan fingerprint density at radius 3 is 2.38 bits per heavy atom. The molecule has 0 aliphatic carbocycles. The van der Waals surface area contributed by atoms with Crippen molar-refractivity contribution in [2.24, 2.45) is 5.92 Å². The summed E-state index contributed by atoms with van der Waals surface area (Å²) < 4.78 is 4.44. The highest BCUT2D eigenvalue weighted by molar-refractivity contribution is 5.88. The number of amides is 1. The first-order chi connectivity index (χ1) is 12.2. The lowest BCUT2D eigenvalue weighted by Gasteiger charge is -2.24. The Bertz CT molecular complexity index is 707. The molecule has 11 heteroatoms. The minimum Gasteiger partial charge on any atom is -0.468 e. The molecule has 0 spiro atoms. The number of hydrogen-bond acceptors (Lipinski definition) is 8. The molecular formula is C15H20N4O7. The quantitative estimate of drug-likeness (QED) is 0.378. The molecule has 1 amide bonds. The van der Waals surface area contributed by atoms with E-state index >= 15 is 0 Å². The molecule has 11 nitrogen and oxygen atoms in total. The van der Waals surface area contributed by atoms with Gasteiger partial charge < -0.3 is 15.4 Å². The van der Waals surface area contributed by atoms with Gasteiger partial charge in [0.15, 0.2) is 0 Å². The second kappa shape index (κ2) is 9.30. The lowest BCUT2D eigenvalue weighted by atomic mass is 9.97. The van der Waals surface area contributed by atoms with E-state index in [0.717, 1.165) is 12.1 Å². The van der Waals surface area contributed by atoms with Crippen LogP contribution in [0.1, 0.15) is 20.3 Å². The largest absolute Gasteiger partial charge is 0.468 e. The number of esters is 1. The summed E-state index contributed by atoms with van der Waals surface area (Å²) in [6.07, 6.45) is 0.574. The van der Waals surface area contributed by atoms with E-state index in [-0.39, 0.29) is 18.2 Å². The molecular weight excluding hydrogens is 348 g/mol. The Morgan fingerprint density at radius 1 is 1.23 bits per heavy atom. The third-order valence-corrected chi connectivity index (χ3v) is 3.83. The number of carbonyl (C=O) groups is 2. The van der Waals surface area contributed by atoms with Gasteiger partial charge in [-0.05, 0) is 12.0 Å². The first-order valence-corrected chi connectivity index (χ1v) is 7.75. The Morgan fingerprint density at radius 2 is 1.88 bits per heavy atom. The molecule has 0 unspecified atom stereocenters. The number of anilines is 1. The van der Waals surface area contributed by atoms with E-state index in [4.69, 9.17) is 0 Å². The summed E-state index contributed by atoms with van der Waals surface area (Å²) >= 11 is 0. The zero-order chi connectivity index (χ0) is 19.9. The van der Waals surface area contributed by atoms with Crippen LogP contribution in [0.2, 0.25) is 0 Å². The number of carbonyl (C=O) groups excluding carboxylic acids is 2. The van der Waals surface area contributed by atoms with E-state index in [9.17, 15) is 29.8 Å². The summed E-state index contributed by atoms with van der Waals surface area (Å²) in [7, 11) is 1.18. The third-order valence-electron chi connectivity index (χ3n) is 3.83. The molecule has 0 aliphatic heterocycles. The number of rotatable bonds is 9. The number of benzene rings is 1. The number of nitrogens with one attached hydrogen (secondary N) is 2. The van der Waals surface area contributed by atoms with Crippen molar-refractivity contribution in [2.75, 3.05) is 19.0 Å². The smallest absolute Gasteiger partial charge is 0.325 e. The highest BCUT2D eigenvalue weighted by Gasteiger charge is 2.28. The van der Waals surface area contributed by atoms with Gasteiger partial charge in [0.05, 0.1) is 23.0 Å². The van der Waals surface area contributed by atoms with Gasteiger partial charge in [0.2, 0.25) is 5.91 Å². The van der Waals surface area contributed by atoms with Gasteiger partial charge >= 0.3 is 5.97 Å². The average molecular weight is 368 g/mol. The Labute approximate surface area is 149 Å². The van der Waals surface area contributed by atoms with Crippen LogP contribution in [0.15, 0.2) is 18.2 Å². The van der Waals surface area contributed by atoms with E-state index in [0.29, 0.717) is 6.42 Å². The number of non-ortho nitro benzene ring substituents is 1. The van der Waals surface area contributed by atoms with Gasteiger partial charge in [-0.1, -0.05) is 20.3 Å². The summed E-state index contributed by atoms with van der Waals surface area (Å²) in [6.45, 7) is 3.25. The van der Waals surface area contributed by atoms with E-state index in [1.807, 2.05) is 6.92 Å². The van der Waals surface area contributed by atoms with E-state index in [1.165, 1.54) is 13.2 Å². The van der Waals surface area contributed by atoms with E-state index in [2.05, 4.69) is 15.4 Å². The number of ether oxygens (including phenoxy) is 1. The molecule has 0 fully saturated rings. The van der Waals surface area contributed by atoms with Crippen LogP contribution >= 0.6 is 0 Å². The zero-order valence-corrected chi connectivity index (χ0v) is 14.6. The average Bonchev–Trinajstić information content (AvgIpc) is 2.62. The third kappa shape index (κ3) is 5.40. The first-order valence-electron chi connectivity index (χ1n) is 7.75. The van der Waals surface area contributed by atoms with Crippen molar-refractivity contribution in [3.8, 4) is 0 Å². The lowest BCUT2D eigenvalue weighted by molar-refractivity contribution is -0.393. The van der Waals surface area contributed by atoms with Gasteiger partial charge in [0.1, 0.15) is 18.3 Å². The van der Waals surface area contributed by atoms with Crippen molar-refractivity contribution in [2.45, 2.75) is 26.3 Å². The summed E-state index contributed by atoms with van der Waals surface area (Å²) in [5.41, 5.74) is -0.982. The van der Waals surface area contributed by atoms with Crippen LogP contribution in [0.25, 0.3) is 0 Å². The molecule has 2 N–H and O–H groups in total. The van der Waals surface area contributed by atoms with Crippen molar-refractivity contribution in [1.82, 2.24) is 5.32 Å². The van der Waals surface area contributed by atoms with Crippen LogP contribution < -0.4 is 10.6 Å². The summed E-state index contributed by atoms with van der Waals surface area (Å²) in [6, 6.07) is 2.22. The second-order valence-electron chi connectivity index (χ2n) is 5.52. The number of hydrogen-bond donors (Lipinski definition) is 2. The fraction of sp³-hybridized carbons (Fsp3) is 0.467. The minimum absolute atomic E-state index is 0.0286. The minimum atomic E-state index is -0.884. The fourth-order valence-corrected chi connectivity index (χ4v) is 2.12. The summed E-state index contributed by atoms with van der Waals surface area (Å²) in [5.74, 6) is -1.41. The SMILES string of the molecule is CC[C@H](C)[C@H](Nc1ccc([N+](=O)[O-])cc1[N+](=O)[O-])C(=O)NCC(=O)OC. The maximum atomic E-state index is 12.4. The van der Waals surface area contributed by atoms with Crippen LogP contribution in [0, 0.1) is 26.1 Å². The zero-order valence-electron chi connectivity index (χ0n) is 14.6. The van der Waals surface area contributed by atoms with Crippen molar-refractivity contribution >= 4 is 28.9 Å². The molecule has 2 atom stereocenters. The number of methoxy groups -OCH3 is 1. The first kappa shape index (κ1) is 20.8. The molecule has 0 heterocycles. The van der Waals surface area contributed by atoms with Gasteiger partial charge in [-0.25, -0.2) is 0 Å². The Kier molecular flexibility index (Phi) is 7.44. The van der Waals surface area contributed by atoms with Crippen LogP contribution in [0.3, 0.4) is 0 Å². The maximum absolute atomic E-state index is 12.4. The van der Waals surface area contributed by atoms with Gasteiger partial charge in [0, 0.05) is 6.07 Å². The molecule has 0 aromatic heterocycles. The van der Waals surface area contributed by atoms with Crippen molar-refractivity contribution in [3.05, 3.63) is 38.4 Å². The van der Waals surface area contributed by atoms with Gasteiger partial charge in [-0.2, -0.15) is 0 Å². The molecule has 0 aliphatic rings. The number of nitro benzene ring substituents is 2. The molecule has 142 valence electrons. The number of nitrogens with zero attached hydrogens (tertiary/aromatic N) is 2. The molecule has 1 rings (SSSR count). The van der Waals surface area contributed by atoms with Gasteiger partial charge in [-0.3, -0.25) is 29.8 Å². The van der Waals surface area contributed by atoms with Crippen LogP contribution in [0.5, 0.6) is 0 Å². The molecule has 0 radical (unpaired) electrons. The van der Waals surface area contributed by atoms with E-state index < -0.39 is 39.1 Å². The predicted octanol–water partition coefficient (Wildman–Crippen LogP) is 1.62. The van der Waals surface area contributed by atoms with Gasteiger partial charge in [0.25, 0.3) is 11.4 Å². The highest BCUT2D eigenvalue weighted by atomic mass is 16.6. The molecule has 1 aromatic carbocycles. The highest BCUT2D eigenvalue weighted by Crippen LogP contribution is 2.30. The molecule has 0 saturated heterocycles. The van der Waals surface area contributed by atoms with Crippen LogP contribution in [0.4, 0.5) is 17.1 Å². The second-order valence-corrected chi connectivity index (χ2v) is 5.52. The Balaban J connectivity index is 3.11. The maximum Gasteiger partial charge on any atom is 0.325 e. The Hall–Kier alpha value is -3.24. The normalized spacial score (nSPS) is 12.6. The van der Waals surface area contributed by atoms with Crippen molar-refractivity contribution in [3.63, 3.8) is 0 Å². The monoisotopic (exact) mass is 368 g/mol. The van der Waals surface area contributed by atoms with Crippen LogP contribution in [-0.2, 0) is 14.3 Å². The summed E-state index contributed by atoms with van der Waals surface area (Å²) in [5, 5.41) is 27.2. The van der Waals surface area contributed by atoms with Gasteiger partial charge in [-0.15, -0.1) is 0 Å². The van der Waals surface area contributed by atoms with Crippen LogP contribution in [-0.4, -0.2) is 41.4 Å². The molecule has 0 bridgehead atoms. The standard InChI is InChI=1S/C15H20N4O7/c1-4-9(2)14(15(21)16-8-13(20)26-3)17-11-6-5-10(18(22)23)7-12(11)19(24)25/h5-7,9,14,17H,4,8H2,1-3H3,(H,16,21)/t9-,14-/m0/s1. The van der Waals surface area contributed by atoms with E-state index in [1.54, 1.807) is 6.92 Å². The topological polar surface area (TPSA) is 154 Å². The summed E-state index contributed by atoms with van der Waals surface area (Å²) in [4.78, 5) is 44.1. The van der Waals surface area contributed by atoms with Crippen molar-refractivity contribution < 1.29 is 24.2 Å². The number of nitro groups is 2. The fourth-order valence-electron chi connectivity index (χ4n) is 2.12. The van der Waals surface area contributed by atoms with Crippen molar-refractivity contribution in [1.29, 1.82) is 0 Å². The molecule has 1 aromatic rings. The predicted molar refractivity (Wildman–Crippen MR) is 91.6 cm³/mol. The molecule has 26 heavy (non-hydrogen) atoms.